The van der Waals surface area contributed by atoms with Crippen LogP contribution < -0.4 is 10.1 Å². The maximum absolute atomic E-state index is 11.5. The Morgan fingerprint density at radius 2 is 2.05 bits per heavy atom. The zero-order valence-corrected chi connectivity index (χ0v) is 13.6. The van der Waals surface area contributed by atoms with E-state index in [0.717, 1.165) is 38.0 Å². The number of rotatable bonds is 7. The predicted octanol–water partition coefficient (Wildman–Crippen LogP) is 3.10. The van der Waals surface area contributed by atoms with Gasteiger partial charge in [-0.2, -0.15) is 0 Å². The highest BCUT2D eigenvalue weighted by Crippen LogP contribution is 2.33. The monoisotopic (exact) mass is 330 g/mol. The van der Waals surface area contributed by atoms with E-state index in [1.54, 1.807) is 7.11 Å². The lowest BCUT2D eigenvalue weighted by Gasteiger charge is -2.15. The second kappa shape index (κ2) is 7.87. The molecule has 1 N–H and O–H groups in total. The van der Waals surface area contributed by atoms with Crippen molar-refractivity contribution >= 4 is 29.1 Å². The minimum atomic E-state index is 0.281. The summed E-state index contributed by atoms with van der Waals surface area (Å²) in [5.41, 5.74) is 1.02. The molecule has 1 fully saturated rings. The topological polar surface area (TPSA) is 41.6 Å². The van der Waals surface area contributed by atoms with Gasteiger partial charge in [-0.25, -0.2) is 0 Å². The van der Waals surface area contributed by atoms with Gasteiger partial charge in [0.1, 0.15) is 0 Å². The normalized spacial score (nSPS) is 14.8. The molecule has 1 aliphatic heterocycles. The van der Waals surface area contributed by atoms with Gasteiger partial charge in [0.15, 0.2) is 5.75 Å². The predicted molar refractivity (Wildman–Crippen MR) is 85.2 cm³/mol. The first-order chi connectivity index (χ1) is 10.1. The molecule has 4 nitrogen and oxygen atoms in total. The van der Waals surface area contributed by atoms with E-state index in [2.05, 4.69) is 5.32 Å². The highest BCUT2D eigenvalue weighted by molar-refractivity contribution is 6.37. The largest absolute Gasteiger partial charge is 0.494 e. The summed E-state index contributed by atoms with van der Waals surface area (Å²) in [5.74, 6) is 0.790. The Balaban J connectivity index is 1.72. The maximum atomic E-state index is 11.5. The number of carbonyl (C=O) groups is 1. The second-order valence-electron chi connectivity index (χ2n) is 5.11. The minimum Gasteiger partial charge on any atom is -0.494 e. The first-order valence-corrected chi connectivity index (χ1v) is 7.88. The van der Waals surface area contributed by atoms with Crippen LogP contribution in [0.1, 0.15) is 24.8 Å². The Bertz CT molecular complexity index is 485. The standard InChI is InChI=1S/C15H20Cl2N2O2/c1-21-15-12(16)8-11(9-13(15)17)10-18-5-3-7-19-6-2-4-14(19)20/h8-9,18H,2-7,10H2,1H3. The van der Waals surface area contributed by atoms with Crippen LogP contribution in [-0.4, -0.2) is 37.6 Å². The summed E-state index contributed by atoms with van der Waals surface area (Å²) in [4.78, 5) is 13.4. The third-order valence-electron chi connectivity index (χ3n) is 3.54. The third-order valence-corrected chi connectivity index (χ3v) is 4.11. The molecule has 0 aromatic heterocycles. The van der Waals surface area contributed by atoms with Gasteiger partial charge in [-0.3, -0.25) is 4.79 Å². The molecular weight excluding hydrogens is 311 g/mol. The number of hydrogen-bond acceptors (Lipinski definition) is 3. The zero-order valence-electron chi connectivity index (χ0n) is 12.1. The third kappa shape index (κ3) is 4.50. The molecule has 6 heteroatoms. The molecular formula is C15H20Cl2N2O2. The van der Waals surface area contributed by atoms with Gasteiger partial charge in [-0.15, -0.1) is 0 Å². The summed E-state index contributed by atoms with van der Waals surface area (Å²) in [6.07, 6.45) is 2.65. The van der Waals surface area contributed by atoms with Crippen molar-refractivity contribution < 1.29 is 9.53 Å². The van der Waals surface area contributed by atoms with Crippen LogP contribution in [0.2, 0.25) is 10.0 Å². The van der Waals surface area contributed by atoms with Crippen molar-refractivity contribution in [2.75, 3.05) is 26.7 Å². The van der Waals surface area contributed by atoms with Crippen molar-refractivity contribution in [3.8, 4) is 5.75 Å². The van der Waals surface area contributed by atoms with E-state index in [1.165, 1.54) is 0 Å². The molecule has 2 rings (SSSR count). The van der Waals surface area contributed by atoms with Gasteiger partial charge in [0.2, 0.25) is 5.91 Å². The van der Waals surface area contributed by atoms with E-state index in [-0.39, 0.29) is 5.91 Å². The maximum Gasteiger partial charge on any atom is 0.222 e. The fraction of sp³-hybridized carbons (Fsp3) is 0.533. The van der Waals surface area contributed by atoms with E-state index in [9.17, 15) is 4.79 Å². The number of nitrogens with one attached hydrogen (secondary N) is 1. The van der Waals surface area contributed by atoms with Gasteiger partial charge in [-0.05, 0) is 37.1 Å². The van der Waals surface area contributed by atoms with E-state index >= 15 is 0 Å². The Morgan fingerprint density at radius 3 is 2.62 bits per heavy atom. The molecule has 1 aromatic rings. The highest BCUT2D eigenvalue weighted by Gasteiger charge is 2.18. The Hall–Kier alpha value is -0.970. The Labute approximate surface area is 135 Å². The molecule has 1 aliphatic rings. The fourth-order valence-corrected chi connectivity index (χ4v) is 3.16. The van der Waals surface area contributed by atoms with Gasteiger partial charge in [0.25, 0.3) is 0 Å². The SMILES string of the molecule is COc1c(Cl)cc(CNCCCN2CCCC2=O)cc1Cl. The smallest absolute Gasteiger partial charge is 0.222 e. The molecule has 0 atom stereocenters. The highest BCUT2D eigenvalue weighted by atomic mass is 35.5. The summed E-state index contributed by atoms with van der Waals surface area (Å²) >= 11 is 12.2. The van der Waals surface area contributed by atoms with Crippen LogP contribution in [0.25, 0.3) is 0 Å². The molecule has 0 saturated carbocycles. The molecule has 1 saturated heterocycles. The molecule has 0 unspecified atom stereocenters. The molecule has 0 radical (unpaired) electrons. The number of likely N-dealkylation sites (tertiary alicyclic amines) is 1. The van der Waals surface area contributed by atoms with Gasteiger partial charge < -0.3 is 15.0 Å². The number of amides is 1. The van der Waals surface area contributed by atoms with Crippen LogP contribution in [0, 0.1) is 0 Å². The number of methoxy groups -OCH3 is 1. The molecule has 1 heterocycles. The van der Waals surface area contributed by atoms with E-state index in [4.69, 9.17) is 27.9 Å². The molecule has 0 aliphatic carbocycles. The number of hydrogen-bond donors (Lipinski definition) is 1. The van der Waals surface area contributed by atoms with E-state index < -0.39 is 0 Å². The van der Waals surface area contributed by atoms with Gasteiger partial charge in [-0.1, -0.05) is 23.2 Å². The van der Waals surface area contributed by atoms with Crippen LogP contribution >= 0.6 is 23.2 Å². The van der Waals surface area contributed by atoms with Crippen molar-refractivity contribution in [2.24, 2.45) is 0 Å². The molecule has 1 aromatic carbocycles. The molecule has 0 spiro atoms. The van der Waals surface area contributed by atoms with Crippen molar-refractivity contribution in [1.29, 1.82) is 0 Å². The lowest BCUT2D eigenvalue weighted by molar-refractivity contribution is -0.127. The second-order valence-corrected chi connectivity index (χ2v) is 5.92. The van der Waals surface area contributed by atoms with Crippen molar-refractivity contribution in [1.82, 2.24) is 10.2 Å². The number of benzene rings is 1. The zero-order chi connectivity index (χ0) is 15.2. The number of nitrogens with zero attached hydrogens (tertiary/aromatic N) is 1. The van der Waals surface area contributed by atoms with Gasteiger partial charge >= 0.3 is 0 Å². The van der Waals surface area contributed by atoms with Crippen molar-refractivity contribution in [3.63, 3.8) is 0 Å². The summed E-state index contributed by atoms with van der Waals surface area (Å²) in [5, 5.41) is 4.37. The average molecular weight is 331 g/mol. The fourth-order valence-electron chi connectivity index (χ4n) is 2.48. The Morgan fingerprint density at radius 1 is 1.33 bits per heavy atom. The lowest BCUT2D eigenvalue weighted by Crippen LogP contribution is -2.28. The van der Waals surface area contributed by atoms with Gasteiger partial charge in [0, 0.05) is 26.1 Å². The van der Waals surface area contributed by atoms with E-state index in [0.29, 0.717) is 28.8 Å². The molecule has 21 heavy (non-hydrogen) atoms. The van der Waals surface area contributed by atoms with Crippen LogP contribution in [0.4, 0.5) is 0 Å². The number of halogens is 2. The van der Waals surface area contributed by atoms with Crippen molar-refractivity contribution in [2.45, 2.75) is 25.8 Å². The molecule has 116 valence electrons. The summed E-state index contributed by atoms with van der Waals surface area (Å²) in [6.45, 7) is 3.28. The van der Waals surface area contributed by atoms with Crippen LogP contribution in [0.15, 0.2) is 12.1 Å². The quantitative estimate of drug-likeness (QED) is 0.781. The summed E-state index contributed by atoms with van der Waals surface area (Å²) in [7, 11) is 1.55. The lowest BCUT2D eigenvalue weighted by atomic mass is 10.2. The first-order valence-electron chi connectivity index (χ1n) is 7.12. The number of ether oxygens (including phenoxy) is 1. The van der Waals surface area contributed by atoms with Crippen LogP contribution in [-0.2, 0) is 11.3 Å². The first kappa shape index (κ1) is 16.4. The summed E-state index contributed by atoms with van der Waals surface area (Å²) < 4.78 is 5.12. The van der Waals surface area contributed by atoms with Crippen LogP contribution in [0.3, 0.4) is 0 Å². The minimum absolute atomic E-state index is 0.281. The average Bonchev–Trinajstić information content (AvgIpc) is 2.84. The van der Waals surface area contributed by atoms with Gasteiger partial charge in [0.05, 0.1) is 17.2 Å². The molecule has 1 amide bonds. The van der Waals surface area contributed by atoms with Crippen molar-refractivity contribution in [3.05, 3.63) is 27.7 Å². The molecule has 0 bridgehead atoms. The Kier molecular flexibility index (Phi) is 6.15. The van der Waals surface area contributed by atoms with Crippen LogP contribution in [0.5, 0.6) is 5.75 Å². The number of carbonyl (C=O) groups excluding carboxylic acids is 1. The summed E-state index contributed by atoms with van der Waals surface area (Å²) in [6, 6.07) is 3.70. The van der Waals surface area contributed by atoms with E-state index in [1.807, 2.05) is 17.0 Å².